The lowest BCUT2D eigenvalue weighted by atomic mass is 10.0. The molecule has 2 aromatic rings. The van der Waals surface area contributed by atoms with Crippen LogP contribution in [0.15, 0.2) is 24.4 Å². The lowest BCUT2D eigenvalue weighted by Crippen LogP contribution is -2.22. The molecular formula is C16H20N2O2. The number of aromatic carboxylic acids is 1. The maximum Gasteiger partial charge on any atom is 0.339 e. The minimum absolute atomic E-state index is 0.242. The number of benzene rings is 1. The van der Waals surface area contributed by atoms with E-state index in [1.165, 1.54) is 0 Å². The highest BCUT2D eigenvalue weighted by molar-refractivity contribution is 5.95. The first-order chi connectivity index (χ1) is 9.20. The molecule has 0 aliphatic heterocycles. The second-order valence-electron chi connectivity index (χ2n) is 6.13. The Hall–Kier alpha value is -2.10. The zero-order valence-electron chi connectivity index (χ0n) is 12.6. The van der Waals surface area contributed by atoms with E-state index < -0.39 is 5.97 Å². The average molecular weight is 272 g/mol. The van der Waals surface area contributed by atoms with E-state index in [0.717, 1.165) is 16.7 Å². The van der Waals surface area contributed by atoms with Gasteiger partial charge >= 0.3 is 5.97 Å². The van der Waals surface area contributed by atoms with Crippen LogP contribution in [0.5, 0.6) is 0 Å². The highest BCUT2D eigenvalue weighted by atomic mass is 16.4. The fourth-order valence-corrected chi connectivity index (χ4v) is 2.15. The Labute approximate surface area is 119 Å². The number of aromatic nitrogens is 2. The molecule has 0 bridgehead atoms. The zero-order valence-corrected chi connectivity index (χ0v) is 12.6. The Kier molecular flexibility index (Phi) is 3.42. The van der Waals surface area contributed by atoms with E-state index in [4.69, 9.17) is 0 Å². The summed E-state index contributed by atoms with van der Waals surface area (Å²) in [6, 6.07) is 5.95. The van der Waals surface area contributed by atoms with Crippen molar-refractivity contribution in [2.24, 2.45) is 0 Å². The molecule has 0 atom stereocenters. The van der Waals surface area contributed by atoms with Gasteiger partial charge < -0.3 is 5.11 Å². The summed E-state index contributed by atoms with van der Waals surface area (Å²) in [7, 11) is 0. The Morgan fingerprint density at radius 3 is 2.40 bits per heavy atom. The van der Waals surface area contributed by atoms with E-state index in [0.29, 0.717) is 5.69 Å². The van der Waals surface area contributed by atoms with Gasteiger partial charge in [0.15, 0.2) is 0 Å². The van der Waals surface area contributed by atoms with Gasteiger partial charge in [0.1, 0.15) is 11.3 Å². The summed E-state index contributed by atoms with van der Waals surface area (Å²) in [6.07, 6.45) is 1.61. The van der Waals surface area contributed by atoms with Crippen LogP contribution >= 0.6 is 0 Å². The van der Waals surface area contributed by atoms with Gasteiger partial charge in [0, 0.05) is 11.8 Å². The van der Waals surface area contributed by atoms with Crippen LogP contribution in [0.1, 0.15) is 42.3 Å². The molecule has 0 aliphatic carbocycles. The SMILES string of the molecule is Cc1ccc(-c2nn(C(C)(C)C)cc2C(=O)O)c(C)c1. The number of nitrogens with zero attached hydrogens (tertiary/aromatic N) is 2. The quantitative estimate of drug-likeness (QED) is 0.908. The molecule has 0 fully saturated rings. The first-order valence-corrected chi connectivity index (χ1v) is 6.61. The van der Waals surface area contributed by atoms with Crippen LogP contribution < -0.4 is 0 Å². The predicted molar refractivity (Wildman–Crippen MR) is 79.1 cm³/mol. The fraction of sp³-hybridized carbons (Fsp3) is 0.375. The third-order valence-corrected chi connectivity index (χ3v) is 3.27. The lowest BCUT2D eigenvalue weighted by Gasteiger charge is -2.18. The number of carboxylic acid groups (broad SMARTS) is 1. The summed E-state index contributed by atoms with van der Waals surface area (Å²) in [4.78, 5) is 11.5. The zero-order chi connectivity index (χ0) is 15.1. The van der Waals surface area contributed by atoms with Crippen LogP contribution in [-0.2, 0) is 5.54 Å². The molecule has 2 rings (SSSR count). The summed E-state index contributed by atoms with van der Waals surface area (Å²) in [6.45, 7) is 9.99. The minimum atomic E-state index is -0.949. The molecule has 4 heteroatoms. The van der Waals surface area contributed by atoms with E-state index in [-0.39, 0.29) is 11.1 Å². The molecule has 0 aliphatic rings. The molecule has 0 spiro atoms. The van der Waals surface area contributed by atoms with E-state index in [2.05, 4.69) is 5.10 Å². The molecule has 0 saturated carbocycles. The Morgan fingerprint density at radius 2 is 1.90 bits per heavy atom. The van der Waals surface area contributed by atoms with Crippen molar-refractivity contribution in [1.82, 2.24) is 9.78 Å². The fourth-order valence-electron chi connectivity index (χ4n) is 2.15. The summed E-state index contributed by atoms with van der Waals surface area (Å²) in [5.41, 5.74) is 3.58. The second kappa shape index (κ2) is 4.78. The van der Waals surface area contributed by atoms with Gasteiger partial charge in [-0.15, -0.1) is 0 Å². The molecule has 106 valence electrons. The van der Waals surface area contributed by atoms with E-state index >= 15 is 0 Å². The van der Waals surface area contributed by atoms with Gasteiger partial charge in [-0.05, 0) is 40.2 Å². The van der Waals surface area contributed by atoms with Gasteiger partial charge in [-0.2, -0.15) is 5.10 Å². The molecule has 20 heavy (non-hydrogen) atoms. The predicted octanol–water partition coefficient (Wildman–Crippen LogP) is 3.62. The van der Waals surface area contributed by atoms with E-state index in [1.807, 2.05) is 52.8 Å². The van der Waals surface area contributed by atoms with Gasteiger partial charge in [-0.25, -0.2) is 4.79 Å². The number of aryl methyl sites for hydroxylation is 2. The van der Waals surface area contributed by atoms with Crippen LogP contribution in [0.25, 0.3) is 11.3 Å². The smallest absolute Gasteiger partial charge is 0.339 e. The normalized spacial score (nSPS) is 11.7. The standard InChI is InChI=1S/C16H20N2O2/c1-10-6-7-12(11(2)8-10)14-13(15(19)20)9-18(17-14)16(3,4)5/h6-9H,1-5H3,(H,19,20). The van der Waals surface area contributed by atoms with Crippen molar-refractivity contribution in [2.75, 3.05) is 0 Å². The van der Waals surface area contributed by atoms with Crippen molar-refractivity contribution in [2.45, 2.75) is 40.2 Å². The monoisotopic (exact) mass is 272 g/mol. The molecule has 1 aromatic heterocycles. The Balaban J connectivity index is 2.66. The average Bonchev–Trinajstić information content (AvgIpc) is 2.73. The molecule has 0 saturated heterocycles. The van der Waals surface area contributed by atoms with Crippen molar-refractivity contribution >= 4 is 5.97 Å². The molecule has 4 nitrogen and oxygen atoms in total. The van der Waals surface area contributed by atoms with Crippen molar-refractivity contribution in [3.05, 3.63) is 41.1 Å². The number of carboxylic acids is 1. The molecule has 1 N–H and O–H groups in total. The van der Waals surface area contributed by atoms with Gasteiger partial charge in [0.05, 0.1) is 5.54 Å². The molecule has 1 heterocycles. The number of rotatable bonds is 2. The topological polar surface area (TPSA) is 55.1 Å². The Morgan fingerprint density at radius 1 is 1.25 bits per heavy atom. The van der Waals surface area contributed by atoms with Crippen LogP contribution in [0.3, 0.4) is 0 Å². The molecular weight excluding hydrogens is 252 g/mol. The van der Waals surface area contributed by atoms with Gasteiger partial charge in [0.2, 0.25) is 0 Å². The minimum Gasteiger partial charge on any atom is -0.478 e. The summed E-state index contributed by atoms with van der Waals surface area (Å²) in [5.74, 6) is -0.949. The molecule has 0 radical (unpaired) electrons. The van der Waals surface area contributed by atoms with Crippen LogP contribution in [0, 0.1) is 13.8 Å². The van der Waals surface area contributed by atoms with E-state index in [1.54, 1.807) is 10.9 Å². The van der Waals surface area contributed by atoms with Crippen LogP contribution in [0.2, 0.25) is 0 Å². The second-order valence-corrected chi connectivity index (χ2v) is 6.13. The lowest BCUT2D eigenvalue weighted by molar-refractivity contribution is 0.0697. The first kappa shape index (κ1) is 14.3. The largest absolute Gasteiger partial charge is 0.478 e. The van der Waals surface area contributed by atoms with Crippen LogP contribution in [-0.4, -0.2) is 20.9 Å². The number of carbonyl (C=O) groups is 1. The van der Waals surface area contributed by atoms with Crippen LogP contribution in [0.4, 0.5) is 0 Å². The summed E-state index contributed by atoms with van der Waals surface area (Å²) in [5, 5.41) is 13.9. The maximum absolute atomic E-state index is 11.5. The van der Waals surface area contributed by atoms with Gasteiger partial charge in [0.25, 0.3) is 0 Å². The highest BCUT2D eigenvalue weighted by Crippen LogP contribution is 2.28. The van der Waals surface area contributed by atoms with Crippen molar-refractivity contribution in [3.63, 3.8) is 0 Å². The summed E-state index contributed by atoms with van der Waals surface area (Å²) < 4.78 is 1.71. The Bertz CT molecular complexity index is 664. The van der Waals surface area contributed by atoms with Gasteiger partial charge in [-0.1, -0.05) is 23.8 Å². The third-order valence-electron chi connectivity index (χ3n) is 3.27. The van der Waals surface area contributed by atoms with Crippen molar-refractivity contribution in [1.29, 1.82) is 0 Å². The highest BCUT2D eigenvalue weighted by Gasteiger charge is 2.23. The molecule has 0 amide bonds. The first-order valence-electron chi connectivity index (χ1n) is 6.61. The summed E-state index contributed by atoms with van der Waals surface area (Å²) >= 11 is 0. The maximum atomic E-state index is 11.5. The molecule has 1 aromatic carbocycles. The third kappa shape index (κ3) is 2.59. The molecule has 0 unspecified atom stereocenters. The number of hydrogen-bond donors (Lipinski definition) is 1. The van der Waals surface area contributed by atoms with Crippen molar-refractivity contribution < 1.29 is 9.90 Å². The van der Waals surface area contributed by atoms with Gasteiger partial charge in [-0.3, -0.25) is 4.68 Å². The number of hydrogen-bond acceptors (Lipinski definition) is 2. The van der Waals surface area contributed by atoms with Crippen molar-refractivity contribution in [3.8, 4) is 11.3 Å². The van der Waals surface area contributed by atoms with E-state index in [9.17, 15) is 9.90 Å².